The summed E-state index contributed by atoms with van der Waals surface area (Å²) in [4.78, 5) is 23.5. The van der Waals surface area contributed by atoms with E-state index in [0.717, 1.165) is 37.7 Å². The van der Waals surface area contributed by atoms with Gasteiger partial charge in [0.05, 0.1) is 13.5 Å². The number of ether oxygens (including phenoxy) is 2. The van der Waals surface area contributed by atoms with Crippen LogP contribution < -0.4 is 0 Å². The highest BCUT2D eigenvalue weighted by Gasteiger charge is 2.32. The third-order valence-corrected chi connectivity index (χ3v) is 4.80. The first-order valence-corrected chi connectivity index (χ1v) is 8.79. The van der Waals surface area contributed by atoms with Crippen molar-refractivity contribution in [2.24, 2.45) is 5.92 Å². The SMILES string of the molecule is COC(=O)C1=CCCC(C)=C[C@H]2OC(=O)CC2CCC(C)=CCC1. The monoisotopic (exact) mass is 332 g/mol. The van der Waals surface area contributed by atoms with Crippen LogP contribution in [0.2, 0.25) is 0 Å². The molecule has 1 saturated heterocycles. The summed E-state index contributed by atoms with van der Waals surface area (Å²) >= 11 is 0. The molecule has 2 aliphatic rings. The maximum absolute atomic E-state index is 11.9. The first-order valence-electron chi connectivity index (χ1n) is 8.79. The molecular weight excluding hydrogens is 304 g/mol. The van der Waals surface area contributed by atoms with E-state index in [9.17, 15) is 9.59 Å². The predicted molar refractivity (Wildman–Crippen MR) is 93.3 cm³/mol. The summed E-state index contributed by atoms with van der Waals surface area (Å²) < 4.78 is 10.4. The number of carbonyl (C=O) groups is 2. The molecule has 0 aromatic heterocycles. The summed E-state index contributed by atoms with van der Waals surface area (Å²) in [5.41, 5.74) is 3.25. The summed E-state index contributed by atoms with van der Waals surface area (Å²) in [6, 6.07) is 0. The Morgan fingerprint density at radius 3 is 2.62 bits per heavy atom. The van der Waals surface area contributed by atoms with Gasteiger partial charge in [-0.15, -0.1) is 0 Å². The van der Waals surface area contributed by atoms with Gasteiger partial charge in [0, 0.05) is 11.5 Å². The molecule has 24 heavy (non-hydrogen) atoms. The smallest absolute Gasteiger partial charge is 0.333 e. The van der Waals surface area contributed by atoms with Gasteiger partial charge in [-0.2, -0.15) is 0 Å². The Labute approximate surface area is 144 Å². The second-order valence-corrected chi connectivity index (χ2v) is 6.82. The Bertz CT molecular complexity index is 568. The van der Waals surface area contributed by atoms with Gasteiger partial charge in [0.2, 0.25) is 0 Å². The Morgan fingerprint density at radius 1 is 1.12 bits per heavy atom. The van der Waals surface area contributed by atoms with Crippen molar-refractivity contribution in [3.63, 3.8) is 0 Å². The quantitative estimate of drug-likeness (QED) is 0.532. The number of hydrogen-bond acceptors (Lipinski definition) is 4. The molecule has 1 fully saturated rings. The molecule has 0 aromatic carbocycles. The van der Waals surface area contributed by atoms with E-state index in [2.05, 4.69) is 26.0 Å². The highest BCUT2D eigenvalue weighted by Crippen LogP contribution is 2.30. The van der Waals surface area contributed by atoms with Gasteiger partial charge in [0.15, 0.2) is 0 Å². The van der Waals surface area contributed by atoms with Crippen molar-refractivity contribution in [3.8, 4) is 0 Å². The molecule has 0 amide bonds. The zero-order valence-electron chi connectivity index (χ0n) is 15.0. The minimum Gasteiger partial charge on any atom is -0.466 e. The first kappa shape index (κ1) is 18.5. The molecule has 0 radical (unpaired) electrons. The average molecular weight is 332 g/mol. The summed E-state index contributed by atoms with van der Waals surface area (Å²) in [6.45, 7) is 4.17. The van der Waals surface area contributed by atoms with Crippen LogP contribution in [0.5, 0.6) is 0 Å². The van der Waals surface area contributed by atoms with Crippen molar-refractivity contribution in [3.05, 3.63) is 34.9 Å². The third-order valence-electron chi connectivity index (χ3n) is 4.80. The normalized spacial score (nSPS) is 26.3. The highest BCUT2D eigenvalue weighted by molar-refractivity contribution is 5.88. The van der Waals surface area contributed by atoms with Crippen molar-refractivity contribution < 1.29 is 19.1 Å². The molecule has 0 aromatic rings. The Kier molecular flexibility index (Phi) is 6.83. The van der Waals surface area contributed by atoms with Crippen LogP contribution in [-0.2, 0) is 19.1 Å². The van der Waals surface area contributed by atoms with E-state index < -0.39 is 0 Å². The number of esters is 2. The fourth-order valence-corrected chi connectivity index (χ4v) is 3.31. The van der Waals surface area contributed by atoms with E-state index in [1.165, 1.54) is 18.3 Å². The van der Waals surface area contributed by atoms with Crippen LogP contribution in [0, 0.1) is 5.92 Å². The second kappa shape index (κ2) is 8.86. The van der Waals surface area contributed by atoms with Gasteiger partial charge in [-0.05, 0) is 58.4 Å². The van der Waals surface area contributed by atoms with Gasteiger partial charge in [0.1, 0.15) is 6.10 Å². The summed E-state index contributed by atoms with van der Waals surface area (Å²) in [6.07, 6.45) is 11.8. The molecule has 132 valence electrons. The number of fused-ring (bicyclic) bond motifs is 1. The fraction of sp³-hybridized carbons (Fsp3) is 0.600. The van der Waals surface area contributed by atoms with Crippen molar-refractivity contribution >= 4 is 11.9 Å². The van der Waals surface area contributed by atoms with E-state index in [4.69, 9.17) is 9.47 Å². The van der Waals surface area contributed by atoms with Crippen LogP contribution in [0.15, 0.2) is 34.9 Å². The van der Waals surface area contributed by atoms with E-state index >= 15 is 0 Å². The molecule has 2 rings (SSSR count). The lowest BCUT2D eigenvalue weighted by atomic mass is 9.91. The lowest BCUT2D eigenvalue weighted by molar-refractivity contribution is -0.140. The Morgan fingerprint density at radius 2 is 1.88 bits per heavy atom. The van der Waals surface area contributed by atoms with E-state index in [-0.39, 0.29) is 24.0 Å². The molecule has 0 saturated carbocycles. The Balaban J connectivity index is 2.17. The maximum atomic E-state index is 11.9. The molecule has 0 spiro atoms. The summed E-state index contributed by atoms with van der Waals surface area (Å²) in [7, 11) is 1.43. The van der Waals surface area contributed by atoms with Crippen LogP contribution in [0.3, 0.4) is 0 Å². The van der Waals surface area contributed by atoms with Gasteiger partial charge in [0.25, 0.3) is 0 Å². The molecule has 4 nitrogen and oxygen atoms in total. The summed E-state index contributed by atoms with van der Waals surface area (Å²) in [5, 5.41) is 0. The second-order valence-electron chi connectivity index (χ2n) is 6.82. The first-order chi connectivity index (χ1) is 11.5. The minimum absolute atomic E-state index is 0.0899. The minimum atomic E-state index is -0.237. The lowest BCUT2D eigenvalue weighted by Crippen LogP contribution is -2.14. The number of hydrogen-bond donors (Lipinski definition) is 0. The molecule has 1 heterocycles. The van der Waals surface area contributed by atoms with Crippen LogP contribution in [0.4, 0.5) is 0 Å². The molecule has 1 aliphatic heterocycles. The van der Waals surface area contributed by atoms with Gasteiger partial charge in [-0.1, -0.05) is 23.3 Å². The number of methoxy groups -OCH3 is 1. The molecule has 0 bridgehead atoms. The molecule has 0 N–H and O–H groups in total. The fourth-order valence-electron chi connectivity index (χ4n) is 3.31. The van der Waals surface area contributed by atoms with Crippen molar-refractivity contribution in [1.82, 2.24) is 0 Å². The van der Waals surface area contributed by atoms with Gasteiger partial charge >= 0.3 is 11.9 Å². The molecular formula is C20H28O4. The van der Waals surface area contributed by atoms with Crippen LogP contribution in [-0.4, -0.2) is 25.2 Å². The average Bonchev–Trinajstić information content (AvgIpc) is 2.89. The third kappa shape index (κ3) is 5.36. The van der Waals surface area contributed by atoms with E-state index in [1.807, 2.05) is 6.08 Å². The standard InChI is InChI=1S/C20H28O4/c1-14-6-4-8-16(20(22)23-3)9-5-7-15(2)12-18-17(11-10-14)13-19(21)24-18/h6,9,12,17-18H,4-5,7-8,10-11,13H2,1-3H3/t17?,18-/m1/s1. The van der Waals surface area contributed by atoms with Crippen LogP contribution in [0.1, 0.15) is 58.8 Å². The predicted octanol–water partition coefficient (Wildman–Crippen LogP) is 4.26. The van der Waals surface area contributed by atoms with Crippen molar-refractivity contribution in [1.29, 1.82) is 0 Å². The zero-order valence-corrected chi connectivity index (χ0v) is 15.0. The molecule has 1 unspecified atom stereocenters. The van der Waals surface area contributed by atoms with Crippen molar-refractivity contribution in [2.75, 3.05) is 7.11 Å². The Hall–Kier alpha value is -1.84. The van der Waals surface area contributed by atoms with Gasteiger partial charge in [-0.25, -0.2) is 4.79 Å². The maximum Gasteiger partial charge on any atom is 0.333 e. The summed E-state index contributed by atoms with van der Waals surface area (Å²) in [5.74, 6) is -0.0487. The highest BCUT2D eigenvalue weighted by atomic mass is 16.5. The van der Waals surface area contributed by atoms with Gasteiger partial charge in [-0.3, -0.25) is 4.79 Å². The number of rotatable bonds is 1. The van der Waals surface area contributed by atoms with E-state index in [0.29, 0.717) is 12.8 Å². The van der Waals surface area contributed by atoms with Crippen LogP contribution in [0.25, 0.3) is 0 Å². The van der Waals surface area contributed by atoms with Crippen molar-refractivity contribution in [2.45, 2.75) is 64.9 Å². The topological polar surface area (TPSA) is 52.6 Å². The van der Waals surface area contributed by atoms with E-state index in [1.54, 1.807) is 0 Å². The molecule has 4 heteroatoms. The molecule has 2 atom stereocenters. The van der Waals surface area contributed by atoms with Gasteiger partial charge < -0.3 is 9.47 Å². The number of allylic oxidation sites excluding steroid dienone is 4. The zero-order chi connectivity index (χ0) is 17.5. The van der Waals surface area contributed by atoms with Crippen LogP contribution >= 0.6 is 0 Å². The lowest BCUT2D eigenvalue weighted by Gasteiger charge is -2.16. The molecule has 1 aliphatic carbocycles. The largest absolute Gasteiger partial charge is 0.466 e. The number of carbonyl (C=O) groups excluding carboxylic acids is 2.